The molecule has 0 unspecified atom stereocenters. The van der Waals surface area contributed by atoms with Crippen LogP contribution in [0, 0.1) is 0 Å². The standard InChI is InChI=1S/C11H10N2S/c1-2-4-9-7-10(14-8-9)11-12-5-3-6-13-11/h2-8H,1H3/b4-2+. The number of aromatic nitrogens is 2. The van der Waals surface area contributed by atoms with Gasteiger partial charge in [0.1, 0.15) is 0 Å². The Hall–Kier alpha value is -1.48. The topological polar surface area (TPSA) is 25.8 Å². The largest absolute Gasteiger partial charge is 0.236 e. The molecule has 2 nitrogen and oxygen atoms in total. The van der Waals surface area contributed by atoms with E-state index in [0.29, 0.717) is 0 Å². The van der Waals surface area contributed by atoms with E-state index in [4.69, 9.17) is 0 Å². The van der Waals surface area contributed by atoms with Crippen LogP contribution in [0.1, 0.15) is 12.5 Å². The molecule has 0 bridgehead atoms. The number of nitrogens with zero attached hydrogens (tertiary/aromatic N) is 2. The molecule has 14 heavy (non-hydrogen) atoms. The zero-order valence-corrected chi connectivity index (χ0v) is 8.66. The number of hydrogen-bond acceptors (Lipinski definition) is 3. The van der Waals surface area contributed by atoms with Crippen LogP contribution >= 0.6 is 11.3 Å². The highest BCUT2D eigenvalue weighted by molar-refractivity contribution is 7.13. The second kappa shape index (κ2) is 4.15. The van der Waals surface area contributed by atoms with Crippen LogP contribution in [0.15, 0.2) is 36.0 Å². The molecule has 0 aliphatic heterocycles. The Bertz CT molecular complexity index is 432. The first-order valence-electron chi connectivity index (χ1n) is 4.39. The fraction of sp³-hybridized carbons (Fsp3) is 0.0909. The van der Waals surface area contributed by atoms with Crippen LogP contribution in [0.5, 0.6) is 0 Å². The summed E-state index contributed by atoms with van der Waals surface area (Å²) in [4.78, 5) is 9.51. The van der Waals surface area contributed by atoms with Crippen LogP contribution in [-0.2, 0) is 0 Å². The number of hydrogen-bond donors (Lipinski definition) is 0. The highest BCUT2D eigenvalue weighted by atomic mass is 32.1. The van der Waals surface area contributed by atoms with Crippen molar-refractivity contribution in [2.75, 3.05) is 0 Å². The molecule has 2 rings (SSSR count). The van der Waals surface area contributed by atoms with Crippen LogP contribution in [0.2, 0.25) is 0 Å². The summed E-state index contributed by atoms with van der Waals surface area (Å²) in [6.45, 7) is 2.01. The molecule has 0 radical (unpaired) electrons. The lowest BCUT2D eigenvalue weighted by Crippen LogP contribution is -1.82. The average Bonchev–Trinajstić information content (AvgIpc) is 2.68. The van der Waals surface area contributed by atoms with Gasteiger partial charge in [-0.2, -0.15) is 0 Å². The van der Waals surface area contributed by atoms with E-state index in [2.05, 4.69) is 27.5 Å². The first kappa shape index (κ1) is 9.09. The molecule has 2 aromatic rings. The summed E-state index contributed by atoms with van der Waals surface area (Å²) in [5.41, 5.74) is 1.21. The summed E-state index contributed by atoms with van der Waals surface area (Å²) in [7, 11) is 0. The van der Waals surface area contributed by atoms with Gasteiger partial charge in [0.2, 0.25) is 0 Å². The quantitative estimate of drug-likeness (QED) is 0.747. The first-order valence-corrected chi connectivity index (χ1v) is 5.27. The predicted molar refractivity (Wildman–Crippen MR) is 60.1 cm³/mol. The fourth-order valence-corrected chi connectivity index (χ4v) is 2.00. The minimum atomic E-state index is 0.799. The van der Waals surface area contributed by atoms with E-state index < -0.39 is 0 Å². The van der Waals surface area contributed by atoms with E-state index in [1.54, 1.807) is 23.7 Å². The second-order valence-electron chi connectivity index (χ2n) is 2.82. The molecular weight excluding hydrogens is 192 g/mol. The highest BCUT2D eigenvalue weighted by Crippen LogP contribution is 2.24. The number of allylic oxidation sites excluding steroid dienone is 1. The van der Waals surface area contributed by atoms with E-state index >= 15 is 0 Å². The van der Waals surface area contributed by atoms with E-state index in [9.17, 15) is 0 Å². The van der Waals surface area contributed by atoms with Gasteiger partial charge in [0.05, 0.1) is 4.88 Å². The van der Waals surface area contributed by atoms with E-state index in [-0.39, 0.29) is 0 Å². The summed E-state index contributed by atoms with van der Waals surface area (Å²) in [5.74, 6) is 0.799. The van der Waals surface area contributed by atoms with Gasteiger partial charge in [-0.15, -0.1) is 11.3 Å². The Labute approximate surface area is 87.0 Å². The Kier molecular flexibility index (Phi) is 2.70. The maximum atomic E-state index is 4.20. The van der Waals surface area contributed by atoms with Crippen molar-refractivity contribution in [2.24, 2.45) is 0 Å². The molecule has 0 aliphatic rings. The molecule has 2 aromatic heterocycles. The lowest BCUT2D eigenvalue weighted by Gasteiger charge is -1.91. The Morgan fingerprint density at radius 2 is 2.07 bits per heavy atom. The summed E-state index contributed by atoms with van der Waals surface area (Å²) < 4.78 is 0. The maximum Gasteiger partial charge on any atom is 0.169 e. The van der Waals surface area contributed by atoms with E-state index in [0.717, 1.165) is 10.7 Å². The SMILES string of the molecule is C/C=C/c1csc(-c2ncccn2)c1. The zero-order chi connectivity index (χ0) is 9.80. The third kappa shape index (κ3) is 1.88. The zero-order valence-electron chi connectivity index (χ0n) is 7.84. The highest BCUT2D eigenvalue weighted by Gasteiger charge is 2.02. The molecule has 0 amide bonds. The van der Waals surface area contributed by atoms with Crippen molar-refractivity contribution in [1.82, 2.24) is 9.97 Å². The molecule has 0 aromatic carbocycles. The Morgan fingerprint density at radius 1 is 1.29 bits per heavy atom. The molecule has 0 N–H and O–H groups in total. The van der Waals surface area contributed by atoms with Gasteiger partial charge in [-0.1, -0.05) is 12.2 Å². The van der Waals surface area contributed by atoms with Crippen LogP contribution in [0.4, 0.5) is 0 Å². The smallest absolute Gasteiger partial charge is 0.169 e. The lowest BCUT2D eigenvalue weighted by atomic mass is 10.3. The number of thiophene rings is 1. The molecule has 70 valence electrons. The normalized spacial score (nSPS) is 10.9. The maximum absolute atomic E-state index is 4.20. The van der Waals surface area contributed by atoms with E-state index in [1.165, 1.54) is 5.56 Å². The fourth-order valence-electron chi connectivity index (χ4n) is 1.17. The molecule has 3 heteroatoms. The van der Waals surface area contributed by atoms with Crippen molar-refractivity contribution in [3.63, 3.8) is 0 Å². The van der Waals surface area contributed by atoms with Crippen LogP contribution in [0.3, 0.4) is 0 Å². The summed E-state index contributed by atoms with van der Waals surface area (Å²) >= 11 is 1.67. The van der Waals surface area contributed by atoms with Gasteiger partial charge < -0.3 is 0 Å². The molecule has 0 atom stereocenters. The molecule has 0 aliphatic carbocycles. The Balaban J connectivity index is 2.34. The van der Waals surface area contributed by atoms with Crippen molar-refractivity contribution >= 4 is 17.4 Å². The van der Waals surface area contributed by atoms with Crippen molar-refractivity contribution in [3.05, 3.63) is 41.5 Å². The van der Waals surface area contributed by atoms with Crippen LogP contribution in [0.25, 0.3) is 16.8 Å². The monoisotopic (exact) mass is 202 g/mol. The molecule has 2 heterocycles. The van der Waals surface area contributed by atoms with Gasteiger partial charge in [-0.05, 0) is 30.0 Å². The van der Waals surface area contributed by atoms with Gasteiger partial charge in [-0.25, -0.2) is 9.97 Å². The van der Waals surface area contributed by atoms with Crippen LogP contribution < -0.4 is 0 Å². The van der Waals surface area contributed by atoms with Crippen molar-refractivity contribution < 1.29 is 0 Å². The summed E-state index contributed by atoms with van der Waals surface area (Å²) in [5, 5.41) is 2.10. The first-order chi connectivity index (χ1) is 6.90. The second-order valence-corrected chi connectivity index (χ2v) is 3.73. The number of rotatable bonds is 2. The average molecular weight is 202 g/mol. The van der Waals surface area contributed by atoms with Crippen LogP contribution in [-0.4, -0.2) is 9.97 Å². The van der Waals surface area contributed by atoms with Gasteiger partial charge in [0.15, 0.2) is 5.82 Å². The molecule has 0 spiro atoms. The van der Waals surface area contributed by atoms with E-state index in [1.807, 2.05) is 19.1 Å². The van der Waals surface area contributed by atoms with Gasteiger partial charge in [-0.3, -0.25) is 0 Å². The molecular formula is C11H10N2S. The lowest BCUT2D eigenvalue weighted by molar-refractivity contribution is 1.19. The molecule has 0 saturated carbocycles. The Morgan fingerprint density at radius 3 is 2.79 bits per heavy atom. The van der Waals surface area contributed by atoms with Crippen molar-refractivity contribution in [2.45, 2.75) is 6.92 Å². The minimum absolute atomic E-state index is 0.799. The molecule has 0 saturated heterocycles. The summed E-state index contributed by atoms with van der Waals surface area (Å²) in [6.07, 6.45) is 7.62. The molecule has 0 fully saturated rings. The predicted octanol–water partition coefficient (Wildman–Crippen LogP) is 3.24. The van der Waals surface area contributed by atoms with Gasteiger partial charge in [0, 0.05) is 12.4 Å². The van der Waals surface area contributed by atoms with Crippen molar-refractivity contribution in [1.29, 1.82) is 0 Å². The van der Waals surface area contributed by atoms with Gasteiger partial charge in [0.25, 0.3) is 0 Å². The van der Waals surface area contributed by atoms with Crippen molar-refractivity contribution in [3.8, 4) is 10.7 Å². The summed E-state index contributed by atoms with van der Waals surface area (Å²) in [6, 6.07) is 3.92. The minimum Gasteiger partial charge on any atom is -0.236 e. The third-order valence-corrected chi connectivity index (χ3v) is 2.71. The van der Waals surface area contributed by atoms with Gasteiger partial charge >= 0.3 is 0 Å². The third-order valence-electron chi connectivity index (χ3n) is 1.77.